The molecule has 0 bridgehead atoms. The molecule has 13 heavy (non-hydrogen) atoms. The molecule has 0 aliphatic carbocycles. The highest BCUT2D eigenvalue weighted by Crippen LogP contribution is 2.20. The maximum Gasteiger partial charge on any atom is 0.721 e. The maximum absolute atomic E-state index is 10.3. The minimum absolute atomic E-state index is 0.270. The van der Waals surface area contributed by atoms with Crippen LogP contribution in [0.2, 0.25) is 0 Å². The highest BCUT2D eigenvalue weighted by Gasteiger charge is 2.18. The number of carbonyl (C=O) groups is 1. The van der Waals surface area contributed by atoms with Crippen molar-refractivity contribution in [1.82, 2.24) is 5.48 Å². The molecule has 6 heteroatoms. The lowest BCUT2D eigenvalue weighted by Crippen LogP contribution is -2.06. The van der Waals surface area contributed by atoms with E-state index in [1.54, 1.807) is 12.4 Å². The largest absolute Gasteiger partial charge is 0.721 e. The summed E-state index contributed by atoms with van der Waals surface area (Å²) in [4.78, 5) is 9.49. The molecule has 1 atom stereocenters. The van der Waals surface area contributed by atoms with E-state index in [0.717, 1.165) is 0 Å². The van der Waals surface area contributed by atoms with E-state index >= 15 is 0 Å². The SMILES string of the molecule is CCCC.CCO[P+](=O)ONC=O. The number of unbranched alkanes of at least 4 members (excludes halogenated alkanes) is 1. The van der Waals surface area contributed by atoms with Crippen LogP contribution in [0.4, 0.5) is 0 Å². The van der Waals surface area contributed by atoms with Crippen molar-refractivity contribution in [2.75, 3.05) is 6.61 Å². The van der Waals surface area contributed by atoms with E-state index in [2.05, 4.69) is 23.0 Å². The molecule has 0 fully saturated rings. The van der Waals surface area contributed by atoms with Crippen LogP contribution in [0.3, 0.4) is 0 Å². The number of hydroxylamine groups is 1. The third kappa shape index (κ3) is 18.4. The number of hydrogen-bond acceptors (Lipinski definition) is 4. The van der Waals surface area contributed by atoms with Crippen molar-refractivity contribution in [3.05, 3.63) is 0 Å². The van der Waals surface area contributed by atoms with E-state index in [4.69, 9.17) is 0 Å². The zero-order chi connectivity index (χ0) is 10.5. The molecule has 1 amide bonds. The quantitative estimate of drug-likeness (QED) is 0.414. The molecular formula is C7H17NO4P+. The van der Waals surface area contributed by atoms with Crippen LogP contribution < -0.4 is 5.48 Å². The van der Waals surface area contributed by atoms with Gasteiger partial charge >= 0.3 is 8.25 Å². The summed E-state index contributed by atoms with van der Waals surface area (Å²) < 4.78 is 18.8. The van der Waals surface area contributed by atoms with Gasteiger partial charge < -0.3 is 0 Å². The second-order valence-corrected chi connectivity index (χ2v) is 2.86. The van der Waals surface area contributed by atoms with Gasteiger partial charge in [-0.3, -0.25) is 4.79 Å². The second-order valence-electron chi connectivity index (χ2n) is 1.97. The van der Waals surface area contributed by atoms with E-state index in [9.17, 15) is 9.36 Å². The first kappa shape index (κ1) is 15.0. The third-order valence-electron chi connectivity index (χ3n) is 0.910. The average Bonchev–Trinajstić information content (AvgIpc) is 2.16. The average molecular weight is 210 g/mol. The summed E-state index contributed by atoms with van der Waals surface area (Å²) in [7, 11) is -2.18. The Kier molecular flexibility index (Phi) is 16.2. The molecule has 0 aliphatic rings. The molecule has 0 aromatic heterocycles. The normalized spacial score (nSPS) is 9.62. The van der Waals surface area contributed by atoms with Gasteiger partial charge in [-0.25, -0.2) is 0 Å². The summed E-state index contributed by atoms with van der Waals surface area (Å²) in [5, 5.41) is 0. The Balaban J connectivity index is 0. The number of nitrogens with one attached hydrogen (secondary N) is 1. The predicted octanol–water partition coefficient (Wildman–Crippen LogP) is 2.16. The number of rotatable bonds is 6. The maximum atomic E-state index is 10.3. The highest BCUT2D eigenvalue weighted by molar-refractivity contribution is 7.33. The van der Waals surface area contributed by atoms with Gasteiger partial charge in [-0.15, -0.1) is 4.52 Å². The van der Waals surface area contributed by atoms with Crippen LogP contribution in [0.1, 0.15) is 33.6 Å². The lowest BCUT2D eigenvalue weighted by atomic mass is 10.4. The molecule has 0 spiro atoms. The van der Waals surface area contributed by atoms with E-state index in [1.807, 2.05) is 0 Å². The Hall–Kier alpha value is -0.510. The molecule has 78 valence electrons. The van der Waals surface area contributed by atoms with Gasteiger partial charge in [0.25, 0.3) is 0 Å². The van der Waals surface area contributed by atoms with E-state index < -0.39 is 8.25 Å². The molecule has 1 N–H and O–H groups in total. The Labute approximate surface area is 79.7 Å². The lowest BCUT2D eigenvalue weighted by molar-refractivity contribution is -0.115. The Bertz CT molecular complexity index is 130. The first-order valence-electron chi connectivity index (χ1n) is 4.19. The summed E-state index contributed by atoms with van der Waals surface area (Å²) >= 11 is 0. The predicted molar refractivity (Wildman–Crippen MR) is 50.1 cm³/mol. The van der Waals surface area contributed by atoms with Gasteiger partial charge in [0.05, 0.1) is 0 Å². The zero-order valence-corrected chi connectivity index (χ0v) is 9.17. The van der Waals surface area contributed by atoms with Gasteiger partial charge in [0.1, 0.15) is 6.61 Å². The topological polar surface area (TPSA) is 64.6 Å². The van der Waals surface area contributed by atoms with Crippen molar-refractivity contribution < 1.29 is 18.5 Å². The summed E-state index contributed by atoms with van der Waals surface area (Å²) in [6.45, 7) is 6.31. The van der Waals surface area contributed by atoms with Crippen LogP contribution in [0.15, 0.2) is 0 Å². The van der Waals surface area contributed by atoms with E-state index in [-0.39, 0.29) is 13.0 Å². The van der Waals surface area contributed by atoms with E-state index in [0.29, 0.717) is 0 Å². The van der Waals surface area contributed by atoms with Crippen LogP contribution in [-0.4, -0.2) is 13.0 Å². The first-order chi connectivity index (χ1) is 6.22. The molecule has 0 radical (unpaired) electrons. The van der Waals surface area contributed by atoms with Crippen LogP contribution >= 0.6 is 8.25 Å². The molecule has 0 aliphatic heterocycles. The minimum Gasteiger partial charge on any atom is -0.276 e. The smallest absolute Gasteiger partial charge is 0.276 e. The summed E-state index contributed by atoms with van der Waals surface area (Å²) in [6.07, 6.45) is 2.91. The molecule has 0 aromatic carbocycles. The fourth-order valence-corrected chi connectivity index (χ4v) is 0.589. The highest BCUT2D eigenvalue weighted by atomic mass is 31.1. The van der Waals surface area contributed by atoms with Gasteiger partial charge in [-0.05, 0) is 6.92 Å². The Morgan fingerprint density at radius 2 is 1.85 bits per heavy atom. The fourth-order valence-electron chi connectivity index (χ4n) is 0.196. The fraction of sp³-hybridized carbons (Fsp3) is 0.857. The lowest BCUT2D eigenvalue weighted by Gasteiger charge is -1.80. The molecule has 0 saturated heterocycles. The standard InChI is InChI=1S/C4H10.C3H6NO4P/c1-3-4-2;1-2-7-9(6)8-4-3-5/h3-4H2,1-2H3;3H,2H2,1H3/p+1. The first-order valence-corrected chi connectivity index (χ1v) is 5.28. The van der Waals surface area contributed by atoms with Crippen LogP contribution in [-0.2, 0) is 18.5 Å². The molecule has 0 heterocycles. The van der Waals surface area contributed by atoms with Crippen LogP contribution in [0, 0.1) is 0 Å². The Morgan fingerprint density at radius 3 is 2.15 bits per heavy atom. The van der Waals surface area contributed by atoms with Crippen molar-refractivity contribution in [3.63, 3.8) is 0 Å². The molecule has 0 aromatic rings. The van der Waals surface area contributed by atoms with Crippen molar-refractivity contribution >= 4 is 14.7 Å². The van der Waals surface area contributed by atoms with Gasteiger partial charge in [-0.1, -0.05) is 26.7 Å². The van der Waals surface area contributed by atoms with Crippen molar-refractivity contribution in [2.24, 2.45) is 0 Å². The van der Waals surface area contributed by atoms with Crippen molar-refractivity contribution in [2.45, 2.75) is 33.6 Å². The van der Waals surface area contributed by atoms with Gasteiger partial charge in [0, 0.05) is 9.19 Å². The number of hydrogen-bond donors (Lipinski definition) is 1. The van der Waals surface area contributed by atoms with Gasteiger partial charge in [-0.2, -0.15) is 5.48 Å². The Morgan fingerprint density at radius 1 is 1.31 bits per heavy atom. The third-order valence-corrected chi connectivity index (χ3v) is 1.63. The molecule has 0 saturated carbocycles. The summed E-state index contributed by atoms with van der Waals surface area (Å²) in [6, 6.07) is 0. The van der Waals surface area contributed by atoms with Crippen LogP contribution in [0.25, 0.3) is 0 Å². The van der Waals surface area contributed by atoms with E-state index in [1.165, 1.54) is 12.8 Å². The molecule has 1 unspecified atom stereocenters. The molecular weight excluding hydrogens is 193 g/mol. The molecule has 0 rings (SSSR count). The van der Waals surface area contributed by atoms with Crippen molar-refractivity contribution in [1.29, 1.82) is 0 Å². The number of carbonyl (C=O) groups excluding carboxylic acids is 1. The minimum atomic E-state index is -2.18. The van der Waals surface area contributed by atoms with Crippen LogP contribution in [0.5, 0.6) is 0 Å². The monoisotopic (exact) mass is 210 g/mol. The number of amides is 1. The summed E-state index contributed by atoms with van der Waals surface area (Å²) in [5.41, 5.74) is 1.74. The van der Waals surface area contributed by atoms with Crippen molar-refractivity contribution in [3.8, 4) is 0 Å². The van der Waals surface area contributed by atoms with Gasteiger partial charge in [0.15, 0.2) is 0 Å². The van der Waals surface area contributed by atoms with Gasteiger partial charge in [0.2, 0.25) is 6.41 Å². The molecule has 5 nitrogen and oxygen atoms in total. The second kappa shape index (κ2) is 14.0. The zero-order valence-electron chi connectivity index (χ0n) is 8.28. The summed E-state index contributed by atoms with van der Waals surface area (Å²) in [5.74, 6) is 0.